The van der Waals surface area contributed by atoms with E-state index in [-0.39, 0.29) is 0 Å². The molecule has 0 N–H and O–H groups in total. The van der Waals surface area contributed by atoms with Crippen molar-refractivity contribution >= 4 is 28.4 Å². The lowest BCUT2D eigenvalue weighted by Gasteiger charge is -2.25. The van der Waals surface area contributed by atoms with Gasteiger partial charge in [0.1, 0.15) is 5.75 Å². The molecule has 1 atom stereocenters. The Balaban J connectivity index is 2.07. The van der Waals surface area contributed by atoms with Crippen LogP contribution in [0.3, 0.4) is 0 Å². The van der Waals surface area contributed by atoms with Crippen LogP contribution in [0.1, 0.15) is 31.4 Å². The predicted octanol–water partition coefficient (Wildman–Crippen LogP) is 5.24. The molecule has 2 nitrogen and oxygen atoms in total. The lowest BCUT2D eigenvalue weighted by molar-refractivity contribution is -0.124. The van der Waals surface area contributed by atoms with Gasteiger partial charge in [0, 0.05) is 5.02 Å². The number of rotatable bonds is 6. The van der Waals surface area contributed by atoms with E-state index in [2.05, 4.69) is 0 Å². The molecule has 0 aliphatic rings. The number of hydrogen-bond acceptors (Lipinski definition) is 2. The normalized spacial score (nSPS) is 13.5. The summed E-state index contributed by atoms with van der Waals surface area (Å²) in [5.74, 6) is 0.637. The Kier molecular flexibility index (Phi) is 5.49. The van der Waals surface area contributed by atoms with Gasteiger partial charge >= 0.3 is 0 Å². The van der Waals surface area contributed by atoms with Crippen LogP contribution in [0, 0.1) is 0 Å². The van der Waals surface area contributed by atoms with Crippen LogP contribution in [0.2, 0.25) is 5.02 Å². The zero-order chi connectivity index (χ0) is 16.2. The van der Waals surface area contributed by atoms with E-state index in [4.69, 9.17) is 27.9 Å². The van der Waals surface area contributed by atoms with Crippen LogP contribution in [0.25, 0.3) is 0 Å². The molecule has 2 rings (SSSR count). The average Bonchev–Trinajstić information content (AvgIpc) is 2.51. The first kappa shape index (κ1) is 16.9. The molecule has 0 heterocycles. The van der Waals surface area contributed by atoms with Gasteiger partial charge in [-0.15, -0.1) is 0 Å². The topological polar surface area (TPSA) is 26.3 Å². The Bertz CT molecular complexity index is 635. The Morgan fingerprint density at radius 3 is 2.00 bits per heavy atom. The van der Waals surface area contributed by atoms with Gasteiger partial charge in [0.2, 0.25) is 0 Å². The molecule has 2 aromatic carbocycles. The maximum absolute atomic E-state index is 11.5. The molecule has 0 aliphatic heterocycles. The summed E-state index contributed by atoms with van der Waals surface area (Å²) in [5.41, 5.74) is 1.36. The molecule has 22 heavy (non-hydrogen) atoms. The van der Waals surface area contributed by atoms with Crippen molar-refractivity contribution in [3.63, 3.8) is 0 Å². The summed E-state index contributed by atoms with van der Waals surface area (Å²) < 4.78 is 5.73. The van der Waals surface area contributed by atoms with Crippen molar-refractivity contribution in [2.45, 2.75) is 32.3 Å². The van der Waals surface area contributed by atoms with Crippen molar-refractivity contribution in [3.8, 4) is 5.75 Å². The average molecular weight is 337 g/mol. The molecule has 116 valence electrons. The van der Waals surface area contributed by atoms with Crippen molar-refractivity contribution in [1.29, 1.82) is 0 Å². The third kappa shape index (κ3) is 4.25. The van der Waals surface area contributed by atoms with Crippen molar-refractivity contribution in [1.82, 2.24) is 0 Å². The van der Waals surface area contributed by atoms with Gasteiger partial charge in [-0.05, 0) is 66.8 Å². The summed E-state index contributed by atoms with van der Waals surface area (Å²) in [4.78, 5) is 11.5. The van der Waals surface area contributed by atoms with Gasteiger partial charge in [0.25, 0.3) is 5.24 Å². The Hall–Kier alpha value is -1.51. The second kappa shape index (κ2) is 7.17. The van der Waals surface area contributed by atoms with E-state index in [0.29, 0.717) is 12.2 Å². The van der Waals surface area contributed by atoms with E-state index in [9.17, 15) is 4.79 Å². The van der Waals surface area contributed by atoms with Gasteiger partial charge in [-0.1, -0.05) is 42.8 Å². The van der Waals surface area contributed by atoms with Crippen LogP contribution in [0.5, 0.6) is 5.75 Å². The standard InChI is InChI=1S/C18H18Cl2O2/c1-3-18(2,17(20)21)22-16-10-6-14(7-11-16)12-13-4-8-15(19)9-5-13/h4-11H,3,12H2,1-2H3. The van der Waals surface area contributed by atoms with E-state index < -0.39 is 10.8 Å². The first-order chi connectivity index (χ1) is 10.4. The summed E-state index contributed by atoms with van der Waals surface area (Å²) in [6.45, 7) is 3.57. The van der Waals surface area contributed by atoms with Gasteiger partial charge in [0.15, 0.2) is 5.60 Å². The van der Waals surface area contributed by atoms with Crippen LogP contribution >= 0.6 is 23.2 Å². The molecular weight excluding hydrogens is 319 g/mol. The van der Waals surface area contributed by atoms with Gasteiger partial charge in [-0.3, -0.25) is 4.79 Å². The van der Waals surface area contributed by atoms with Gasteiger partial charge in [-0.2, -0.15) is 0 Å². The highest BCUT2D eigenvalue weighted by Crippen LogP contribution is 2.24. The molecule has 0 radical (unpaired) electrons. The molecule has 2 aromatic rings. The molecule has 0 spiro atoms. The maximum atomic E-state index is 11.5. The summed E-state index contributed by atoms with van der Waals surface area (Å²) >= 11 is 11.5. The monoisotopic (exact) mass is 336 g/mol. The minimum atomic E-state index is -0.987. The van der Waals surface area contributed by atoms with E-state index in [0.717, 1.165) is 17.0 Å². The van der Waals surface area contributed by atoms with Gasteiger partial charge < -0.3 is 4.74 Å². The minimum Gasteiger partial charge on any atom is -0.478 e. The summed E-state index contributed by atoms with van der Waals surface area (Å²) in [6, 6.07) is 15.5. The molecule has 0 aliphatic carbocycles. The molecule has 1 unspecified atom stereocenters. The van der Waals surface area contributed by atoms with E-state index in [1.54, 1.807) is 6.92 Å². The molecule has 0 saturated carbocycles. The summed E-state index contributed by atoms with van der Waals surface area (Å²) in [5, 5.41) is 0.248. The van der Waals surface area contributed by atoms with Gasteiger partial charge in [-0.25, -0.2) is 0 Å². The number of carbonyl (C=O) groups excluding carboxylic acids is 1. The highest BCUT2D eigenvalue weighted by molar-refractivity contribution is 6.65. The predicted molar refractivity (Wildman–Crippen MR) is 90.9 cm³/mol. The summed E-state index contributed by atoms with van der Waals surface area (Å²) in [7, 11) is 0. The molecule has 0 aromatic heterocycles. The molecule has 4 heteroatoms. The first-order valence-corrected chi connectivity index (χ1v) is 7.91. The molecular formula is C18H18Cl2O2. The number of ether oxygens (including phenoxy) is 1. The lowest BCUT2D eigenvalue weighted by atomic mass is 10.0. The number of benzene rings is 2. The fourth-order valence-electron chi connectivity index (χ4n) is 2.02. The fourth-order valence-corrected chi connectivity index (χ4v) is 2.32. The number of hydrogen-bond donors (Lipinski definition) is 0. The van der Waals surface area contributed by atoms with Crippen molar-refractivity contribution < 1.29 is 9.53 Å². The van der Waals surface area contributed by atoms with Crippen LogP contribution in [0.15, 0.2) is 48.5 Å². The Labute approximate surface area is 141 Å². The van der Waals surface area contributed by atoms with Crippen molar-refractivity contribution in [2.75, 3.05) is 0 Å². The first-order valence-electron chi connectivity index (χ1n) is 7.15. The van der Waals surface area contributed by atoms with E-state index in [1.807, 2.05) is 55.5 Å². The lowest BCUT2D eigenvalue weighted by Crippen LogP contribution is -2.37. The smallest absolute Gasteiger partial charge is 0.265 e. The number of halogens is 2. The largest absolute Gasteiger partial charge is 0.478 e. The molecule has 0 amide bonds. The van der Waals surface area contributed by atoms with Crippen molar-refractivity contribution in [2.24, 2.45) is 0 Å². The molecule has 0 fully saturated rings. The second-order valence-electron chi connectivity index (χ2n) is 5.41. The quantitative estimate of drug-likeness (QED) is 0.674. The van der Waals surface area contributed by atoms with E-state index >= 15 is 0 Å². The summed E-state index contributed by atoms with van der Waals surface area (Å²) in [6.07, 6.45) is 1.33. The zero-order valence-corrected chi connectivity index (χ0v) is 14.1. The third-order valence-electron chi connectivity index (χ3n) is 3.68. The van der Waals surface area contributed by atoms with Crippen LogP contribution in [-0.4, -0.2) is 10.8 Å². The zero-order valence-electron chi connectivity index (χ0n) is 12.6. The minimum absolute atomic E-state index is 0.486. The third-order valence-corrected chi connectivity index (χ3v) is 4.33. The number of carbonyl (C=O) groups is 1. The highest BCUT2D eigenvalue weighted by Gasteiger charge is 2.32. The molecule has 0 bridgehead atoms. The second-order valence-corrected chi connectivity index (χ2v) is 6.19. The van der Waals surface area contributed by atoms with Crippen LogP contribution < -0.4 is 4.74 Å². The Morgan fingerprint density at radius 2 is 1.55 bits per heavy atom. The van der Waals surface area contributed by atoms with Crippen molar-refractivity contribution in [3.05, 3.63) is 64.7 Å². The maximum Gasteiger partial charge on any atom is 0.265 e. The highest BCUT2D eigenvalue weighted by atomic mass is 35.5. The van der Waals surface area contributed by atoms with Gasteiger partial charge in [0.05, 0.1) is 0 Å². The fraction of sp³-hybridized carbons (Fsp3) is 0.278. The van der Waals surface area contributed by atoms with Crippen LogP contribution in [0.4, 0.5) is 0 Å². The SMILES string of the molecule is CCC(C)(Oc1ccc(Cc2ccc(Cl)cc2)cc1)C(=O)Cl. The van der Waals surface area contributed by atoms with E-state index in [1.165, 1.54) is 5.56 Å². The Morgan fingerprint density at radius 1 is 1.05 bits per heavy atom. The van der Waals surface area contributed by atoms with Crippen LogP contribution in [-0.2, 0) is 11.2 Å². The molecule has 0 saturated heterocycles.